The number of carbonyl (C=O) groups is 2. The van der Waals surface area contributed by atoms with Crippen LogP contribution in [0.2, 0.25) is 0 Å². The summed E-state index contributed by atoms with van der Waals surface area (Å²) in [4.78, 5) is 41.5. The molecule has 9 nitrogen and oxygen atoms in total. The fourth-order valence-electron chi connectivity index (χ4n) is 4.20. The Morgan fingerprint density at radius 3 is 2.69 bits per heavy atom. The summed E-state index contributed by atoms with van der Waals surface area (Å²) in [6.45, 7) is 6.52. The van der Waals surface area contributed by atoms with Gasteiger partial charge in [0.05, 0.1) is 23.9 Å². The van der Waals surface area contributed by atoms with Crippen LogP contribution in [0.25, 0.3) is 11.3 Å². The maximum absolute atomic E-state index is 14.5. The average molecular weight is 477 g/mol. The predicted octanol–water partition coefficient (Wildman–Crippen LogP) is 3.16. The van der Waals surface area contributed by atoms with Crippen LogP contribution in [0.15, 0.2) is 42.7 Å². The second-order valence-electron chi connectivity index (χ2n) is 8.41. The van der Waals surface area contributed by atoms with Crippen LogP contribution in [0.3, 0.4) is 0 Å². The number of halogens is 1. The number of hydrogen-bond acceptors (Lipinski definition) is 8. The normalized spacial score (nSPS) is 15.9. The fraction of sp³-hybridized carbons (Fsp3) is 0.320. The van der Waals surface area contributed by atoms with Gasteiger partial charge in [-0.15, -0.1) is 0 Å². The van der Waals surface area contributed by atoms with Gasteiger partial charge in [0.15, 0.2) is 11.6 Å². The number of ketones is 1. The van der Waals surface area contributed by atoms with Crippen LogP contribution in [0, 0.1) is 5.82 Å². The first-order valence-corrected chi connectivity index (χ1v) is 11.6. The highest BCUT2D eigenvalue weighted by molar-refractivity contribution is 6.00. The Labute approximate surface area is 202 Å². The zero-order valence-corrected chi connectivity index (χ0v) is 19.3. The highest BCUT2D eigenvalue weighted by Crippen LogP contribution is 2.31. The fourth-order valence-corrected chi connectivity index (χ4v) is 4.20. The molecule has 0 spiro atoms. The molecule has 1 aromatic carbocycles. The number of ether oxygens (including phenoxy) is 1. The molecule has 0 saturated carbocycles. The van der Waals surface area contributed by atoms with Gasteiger partial charge in [-0.2, -0.15) is 0 Å². The van der Waals surface area contributed by atoms with Gasteiger partial charge in [0, 0.05) is 44.4 Å². The summed E-state index contributed by atoms with van der Waals surface area (Å²) in [6.07, 6.45) is 2.91. The van der Waals surface area contributed by atoms with E-state index < -0.39 is 5.82 Å². The quantitative estimate of drug-likeness (QED) is 0.600. The van der Waals surface area contributed by atoms with Crippen LogP contribution in [-0.2, 0) is 0 Å². The minimum atomic E-state index is -0.602. The van der Waals surface area contributed by atoms with Crippen molar-refractivity contribution in [3.8, 4) is 17.0 Å². The SMILES string of the molecule is CCN1CCN(C(=O)c2ccc(Nc3ncc(F)c(-c4ccc5c(c4)OCCC5=O)n3)nc2)CC1. The molecule has 4 heterocycles. The van der Waals surface area contributed by atoms with Gasteiger partial charge < -0.3 is 19.9 Å². The minimum absolute atomic E-state index is 0.000429. The van der Waals surface area contributed by atoms with Crippen molar-refractivity contribution in [2.24, 2.45) is 0 Å². The van der Waals surface area contributed by atoms with Crippen LogP contribution < -0.4 is 10.1 Å². The van der Waals surface area contributed by atoms with E-state index in [1.54, 1.807) is 30.3 Å². The molecule has 1 fully saturated rings. The number of benzene rings is 1. The van der Waals surface area contributed by atoms with Crippen molar-refractivity contribution in [2.45, 2.75) is 13.3 Å². The molecule has 0 radical (unpaired) electrons. The van der Waals surface area contributed by atoms with Crippen molar-refractivity contribution in [1.82, 2.24) is 24.8 Å². The van der Waals surface area contributed by atoms with Gasteiger partial charge in [-0.1, -0.05) is 13.0 Å². The van der Waals surface area contributed by atoms with E-state index in [9.17, 15) is 14.0 Å². The summed E-state index contributed by atoms with van der Waals surface area (Å²) in [7, 11) is 0. The van der Waals surface area contributed by atoms with Gasteiger partial charge in [0.1, 0.15) is 17.3 Å². The standard InChI is InChI=1S/C25H25FN6O3/c1-2-31-8-10-32(11-9-31)24(34)17-4-6-22(27-14-17)29-25-28-15-19(26)23(30-25)16-3-5-18-20(33)7-12-35-21(18)13-16/h3-6,13-15H,2,7-12H2,1H3,(H,27,28,29,30). The first-order chi connectivity index (χ1) is 17.0. The molecule has 1 N–H and O–H groups in total. The number of anilines is 2. The van der Waals surface area contributed by atoms with E-state index in [-0.39, 0.29) is 23.3 Å². The molecule has 0 aliphatic carbocycles. The monoisotopic (exact) mass is 476 g/mol. The van der Waals surface area contributed by atoms with Crippen molar-refractivity contribution in [3.63, 3.8) is 0 Å². The van der Waals surface area contributed by atoms with Crippen molar-refractivity contribution in [1.29, 1.82) is 0 Å². The maximum atomic E-state index is 14.5. The highest BCUT2D eigenvalue weighted by atomic mass is 19.1. The number of fused-ring (bicyclic) bond motifs is 1. The van der Waals surface area contributed by atoms with Crippen molar-refractivity contribution >= 4 is 23.5 Å². The van der Waals surface area contributed by atoms with E-state index in [4.69, 9.17) is 4.74 Å². The maximum Gasteiger partial charge on any atom is 0.255 e. The number of aromatic nitrogens is 3. The van der Waals surface area contributed by atoms with Gasteiger partial charge in [-0.25, -0.2) is 19.3 Å². The molecular formula is C25H25FN6O3. The number of nitrogens with one attached hydrogen (secondary N) is 1. The second-order valence-corrected chi connectivity index (χ2v) is 8.41. The number of nitrogens with zero attached hydrogens (tertiary/aromatic N) is 5. The molecule has 3 aromatic rings. The lowest BCUT2D eigenvalue weighted by Crippen LogP contribution is -2.48. The van der Waals surface area contributed by atoms with E-state index in [0.29, 0.717) is 54.4 Å². The number of Topliss-reactive ketones (excluding diaryl/α,β-unsaturated/α-hetero) is 1. The molecule has 2 aromatic heterocycles. The lowest BCUT2D eigenvalue weighted by Gasteiger charge is -2.34. The third-order valence-electron chi connectivity index (χ3n) is 6.24. The first kappa shape index (κ1) is 22.9. The molecule has 0 unspecified atom stereocenters. The van der Waals surface area contributed by atoms with Crippen LogP contribution in [0.1, 0.15) is 34.1 Å². The van der Waals surface area contributed by atoms with Crippen LogP contribution in [0.5, 0.6) is 5.75 Å². The molecule has 0 bridgehead atoms. The zero-order chi connectivity index (χ0) is 24.4. The summed E-state index contributed by atoms with van der Waals surface area (Å²) in [5.41, 5.74) is 1.53. The topological polar surface area (TPSA) is 101 Å². The number of likely N-dealkylation sites (N-methyl/N-ethyl adjacent to an activating group) is 1. The van der Waals surface area contributed by atoms with Gasteiger partial charge in [-0.3, -0.25) is 9.59 Å². The number of rotatable bonds is 5. The summed E-state index contributed by atoms with van der Waals surface area (Å²) in [5.74, 6) is 0.347. The summed E-state index contributed by atoms with van der Waals surface area (Å²) < 4.78 is 20.1. The Morgan fingerprint density at radius 1 is 1.11 bits per heavy atom. The minimum Gasteiger partial charge on any atom is -0.492 e. The molecule has 2 aliphatic heterocycles. The lowest BCUT2D eigenvalue weighted by atomic mass is 10.0. The molecule has 10 heteroatoms. The summed E-state index contributed by atoms with van der Waals surface area (Å²) in [6, 6.07) is 8.24. The molecule has 35 heavy (non-hydrogen) atoms. The van der Waals surface area contributed by atoms with Crippen LogP contribution in [0.4, 0.5) is 16.2 Å². The van der Waals surface area contributed by atoms with Crippen LogP contribution >= 0.6 is 0 Å². The highest BCUT2D eigenvalue weighted by Gasteiger charge is 2.22. The number of carbonyl (C=O) groups excluding carboxylic acids is 2. The Hall–Kier alpha value is -3.92. The van der Waals surface area contributed by atoms with E-state index in [1.807, 2.05) is 4.90 Å². The summed E-state index contributed by atoms with van der Waals surface area (Å²) >= 11 is 0. The Kier molecular flexibility index (Phi) is 6.37. The van der Waals surface area contributed by atoms with E-state index in [1.165, 1.54) is 6.20 Å². The summed E-state index contributed by atoms with van der Waals surface area (Å²) in [5, 5.41) is 2.95. The third kappa shape index (κ3) is 4.83. The van der Waals surface area contributed by atoms with Crippen molar-refractivity contribution in [2.75, 3.05) is 44.6 Å². The van der Waals surface area contributed by atoms with Gasteiger partial charge in [0.2, 0.25) is 5.95 Å². The molecule has 5 rings (SSSR count). The smallest absolute Gasteiger partial charge is 0.255 e. The zero-order valence-electron chi connectivity index (χ0n) is 19.3. The Morgan fingerprint density at radius 2 is 1.94 bits per heavy atom. The number of piperazine rings is 1. The second kappa shape index (κ2) is 9.75. The van der Waals surface area contributed by atoms with Gasteiger partial charge in [-0.05, 0) is 30.8 Å². The largest absolute Gasteiger partial charge is 0.492 e. The van der Waals surface area contributed by atoms with E-state index >= 15 is 0 Å². The molecule has 1 amide bonds. The molecule has 180 valence electrons. The lowest BCUT2D eigenvalue weighted by molar-refractivity contribution is 0.0643. The molecule has 1 saturated heterocycles. The number of hydrogen-bond donors (Lipinski definition) is 1. The number of pyridine rings is 1. The first-order valence-electron chi connectivity index (χ1n) is 11.6. The van der Waals surface area contributed by atoms with Gasteiger partial charge >= 0.3 is 0 Å². The van der Waals surface area contributed by atoms with Gasteiger partial charge in [0.25, 0.3) is 5.91 Å². The molecule has 2 aliphatic rings. The molecule has 0 atom stereocenters. The molecular weight excluding hydrogens is 451 g/mol. The third-order valence-corrected chi connectivity index (χ3v) is 6.24. The van der Waals surface area contributed by atoms with E-state index in [2.05, 4.69) is 32.1 Å². The van der Waals surface area contributed by atoms with E-state index in [0.717, 1.165) is 25.8 Å². The van der Waals surface area contributed by atoms with Crippen molar-refractivity contribution in [3.05, 3.63) is 59.7 Å². The Balaban J connectivity index is 1.30. The Bertz CT molecular complexity index is 1260. The number of amides is 1. The average Bonchev–Trinajstić information content (AvgIpc) is 2.90. The van der Waals surface area contributed by atoms with Crippen LogP contribution in [-0.4, -0.2) is 75.8 Å². The van der Waals surface area contributed by atoms with Crippen molar-refractivity contribution < 1.29 is 18.7 Å². The predicted molar refractivity (Wildman–Crippen MR) is 127 cm³/mol.